The number of aryl methyl sites for hydroxylation is 1. The van der Waals surface area contributed by atoms with Crippen LogP contribution >= 0.6 is 0 Å². The fourth-order valence-electron chi connectivity index (χ4n) is 2.98. The highest BCUT2D eigenvalue weighted by molar-refractivity contribution is 5.74. The third-order valence-electron chi connectivity index (χ3n) is 3.88. The molecular formula is C14H20N4. The van der Waals surface area contributed by atoms with E-state index in [1.165, 1.54) is 38.5 Å². The summed E-state index contributed by atoms with van der Waals surface area (Å²) in [6.07, 6.45) is 9.56. The Labute approximate surface area is 107 Å². The first-order valence-corrected chi connectivity index (χ1v) is 6.86. The van der Waals surface area contributed by atoms with Gasteiger partial charge in [0.15, 0.2) is 5.65 Å². The maximum atomic E-state index is 6.10. The number of nitrogens with two attached hydrogens (primary N) is 1. The minimum absolute atomic E-state index is 0.479. The largest absolute Gasteiger partial charge is 0.369 e. The molecule has 0 amide bonds. The molecule has 1 aliphatic carbocycles. The number of aromatic nitrogens is 3. The molecule has 0 saturated heterocycles. The Bertz CT molecular complexity index is 550. The summed E-state index contributed by atoms with van der Waals surface area (Å²) in [5.74, 6) is 0.620. The van der Waals surface area contributed by atoms with Gasteiger partial charge in [-0.2, -0.15) is 0 Å². The predicted octanol–water partition coefficient (Wildman–Crippen LogP) is 3.22. The van der Waals surface area contributed by atoms with Gasteiger partial charge in [0.25, 0.3) is 0 Å². The first kappa shape index (κ1) is 11.5. The van der Waals surface area contributed by atoms with Crippen LogP contribution in [0.25, 0.3) is 11.2 Å². The van der Waals surface area contributed by atoms with E-state index in [1.807, 2.05) is 13.1 Å². The molecule has 0 spiro atoms. The number of nitrogens with zero attached hydrogens (tertiary/aromatic N) is 3. The van der Waals surface area contributed by atoms with E-state index in [1.54, 1.807) is 0 Å². The Kier molecular flexibility index (Phi) is 2.94. The summed E-state index contributed by atoms with van der Waals surface area (Å²) in [6, 6.07) is 2.54. The van der Waals surface area contributed by atoms with Gasteiger partial charge in [-0.1, -0.05) is 25.7 Å². The van der Waals surface area contributed by atoms with Gasteiger partial charge < -0.3 is 5.73 Å². The molecule has 0 atom stereocenters. The van der Waals surface area contributed by atoms with E-state index in [2.05, 4.69) is 20.6 Å². The van der Waals surface area contributed by atoms with E-state index in [-0.39, 0.29) is 0 Å². The maximum Gasteiger partial charge on any atom is 0.202 e. The summed E-state index contributed by atoms with van der Waals surface area (Å²) < 4.78 is 2.15. The predicted molar refractivity (Wildman–Crippen MR) is 73.4 cm³/mol. The van der Waals surface area contributed by atoms with Gasteiger partial charge in [0.1, 0.15) is 5.52 Å². The molecule has 1 fully saturated rings. The summed E-state index contributed by atoms with van der Waals surface area (Å²) in [6.45, 7) is 2.04. The second-order valence-electron chi connectivity index (χ2n) is 5.34. The first-order valence-electron chi connectivity index (χ1n) is 6.86. The van der Waals surface area contributed by atoms with Crippen LogP contribution < -0.4 is 5.73 Å². The van der Waals surface area contributed by atoms with Crippen molar-refractivity contribution in [2.45, 2.75) is 51.5 Å². The van der Waals surface area contributed by atoms with Crippen LogP contribution in [0.15, 0.2) is 12.3 Å². The molecule has 3 rings (SSSR count). The average molecular weight is 244 g/mol. The van der Waals surface area contributed by atoms with Gasteiger partial charge in [0.05, 0.1) is 0 Å². The van der Waals surface area contributed by atoms with Crippen molar-refractivity contribution >= 4 is 17.1 Å². The lowest BCUT2D eigenvalue weighted by molar-refractivity contribution is 0.457. The number of fused-ring (bicyclic) bond motifs is 1. The van der Waals surface area contributed by atoms with Gasteiger partial charge in [-0.3, -0.25) is 4.57 Å². The first-order chi connectivity index (χ1) is 8.75. The van der Waals surface area contributed by atoms with Crippen molar-refractivity contribution in [3.8, 4) is 0 Å². The van der Waals surface area contributed by atoms with Crippen LogP contribution in [0.4, 0.5) is 5.95 Å². The Hall–Kier alpha value is -1.58. The highest BCUT2D eigenvalue weighted by Crippen LogP contribution is 2.31. The van der Waals surface area contributed by atoms with Gasteiger partial charge in [-0.05, 0) is 31.4 Å². The van der Waals surface area contributed by atoms with E-state index >= 15 is 0 Å². The van der Waals surface area contributed by atoms with Crippen molar-refractivity contribution in [1.82, 2.24) is 14.5 Å². The molecule has 18 heavy (non-hydrogen) atoms. The normalized spacial score (nSPS) is 18.1. The Morgan fingerprint density at radius 3 is 2.67 bits per heavy atom. The molecule has 96 valence electrons. The van der Waals surface area contributed by atoms with Crippen molar-refractivity contribution < 1.29 is 0 Å². The minimum Gasteiger partial charge on any atom is -0.369 e. The molecule has 4 heteroatoms. The van der Waals surface area contributed by atoms with Crippen molar-refractivity contribution in [1.29, 1.82) is 0 Å². The topological polar surface area (TPSA) is 56.7 Å². The second kappa shape index (κ2) is 4.59. The summed E-state index contributed by atoms with van der Waals surface area (Å²) in [5, 5.41) is 0. The van der Waals surface area contributed by atoms with Crippen LogP contribution in [0.2, 0.25) is 0 Å². The second-order valence-corrected chi connectivity index (χ2v) is 5.34. The lowest BCUT2D eigenvalue weighted by Crippen LogP contribution is -2.11. The molecule has 2 N–H and O–H groups in total. The highest BCUT2D eigenvalue weighted by atomic mass is 15.2. The average Bonchev–Trinajstić information content (AvgIpc) is 2.54. The van der Waals surface area contributed by atoms with Gasteiger partial charge in [0.2, 0.25) is 5.95 Å². The van der Waals surface area contributed by atoms with Crippen molar-refractivity contribution in [2.75, 3.05) is 5.73 Å². The fraction of sp³-hybridized carbons (Fsp3) is 0.571. The summed E-state index contributed by atoms with van der Waals surface area (Å²) in [7, 11) is 0. The Morgan fingerprint density at radius 2 is 1.94 bits per heavy atom. The molecule has 0 unspecified atom stereocenters. The molecule has 0 aliphatic heterocycles. The quantitative estimate of drug-likeness (QED) is 0.784. The zero-order chi connectivity index (χ0) is 12.5. The molecule has 1 aliphatic rings. The molecule has 0 bridgehead atoms. The SMILES string of the molecule is Cc1cnc2c(c1)nc(N)n2C1CCCCCC1. The third-order valence-corrected chi connectivity index (χ3v) is 3.88. The number of hydrogen-bond donors (Lipinski definition) is 1. The number of anilines is 1. The summed E-state index contributed by atoms with van der Waals surface area (Å²) in [4.78, 5) is 8.99. The van der Waals surface area contributed by atoms with Crippen molar-refractivity contribution in [3.63, 3.8) is 0 Å². The molecule has 0 aromatic carbocycles. The zero-order valence-electron chi connectivity index (χ0n) is 10.9. The summed E-state index contributed by atoms with van der Waals surface area (Å²) >= 11 is 0. The van der Waals surface area contributed by atoms with Crippen LogP contribution in [0.3, 0.4) is 0 Å². The van der Waals surface area contributed by atoms with Crippen molar-refractivity contribution in [3.05, 3.63) is 17.8 Å². The maximum absolute atomic E-state index is 6.10. The van der Waals surface area contributed by atoms with Gasteiger partial charge in [-0.25, -0.2) is 9.97 Å². The van der Waals surface area contributed by atoms with E-state index in [0.717, 1.165) is 16.7 Å². The highest BCUT2D eigenvalue weighted by Gasteiger charge is 2.20. The molecule has 2 heterocycles. The fourth-order valence-corrected chi connectivity index (χ4v) is 2.98. The monoisotopic (exact) mass is 244 g/mol. The van der Waals surface area contributed by atoms with Gasteiger partial charge >= 0.3 is 0 Å². The minimum atomic E-state index is 0.479. The Balaban J connectivity index is 2.06. The van der Waals surface area contributed by atoms with E-state index in [9.17, 15) is 0 Å². The van der Waals surface area contributed by atoms with E-state index < -0.39 is 0 Å². The molecule has 2 aromatic rings. The third kappa shape index (κ3) is 1.96. The number of hydrogen-bond acceptors (Lipinski definition) is 3. The lowest BCUT2D eigenvalue weighted by Gasteiger charge is -2.17. The standard InChI is InChI=1S/C14H20N4/c1-10-8-12-13(16-9-10)18(14(15)17-12)11-6-4-2-3-5-7-11/h8-9,11H,2-7H2,1H3,(H2,15,17). The molecule has 2 aromatic heterocycles. The molecule has 0 radical (unpaired) electrons. The van der Waals surface area contributed by atoms with E-state index in [0.29, 0.717) is 12.0 Å². The van der Waals surface area contributed by atoms with E-state index in [4.69, 9.17) is 5.73 Å². The van der Waals surface area contributed by atoms with Crippen LogP contribution in [0, 0.1) is 6.92 Å². The zero-order valence-corrected chi connectivity index (χ0v) is 10.9. The van der Waals surface area contributed by atoms with Crippen molar-refractivity contribution in [2.24, 2.45) is 0 Å². The number of nitrogen functional groups attached to an aromatic ring is 1. The number of pyridine rings is 1. The van der Waals surface area contributed by atoms with Crippen LogP contribution in [-0.2, 0) is 0 Å². The Morgan fingerprint density at radius 1 is 1.22 bits per heavy atom. The van der Waals surface area contributed by atoms with Crippen LogP contribution in [0.5, 0.6) is 0 Å². The molecular weight excluding hydrogens is 224 g/mol. The van der Waals surface area contributed by atoms with Crippen LogP contribution in [0.1, 0.15) is 50.1 Å². The molecule has 4 nitrogen and oxygen atoms in total. The summed E-state index contributed by atoms with van der Waals surface area (Å²) in [5.41, 5.74) is 9.11. The molecule has 1 saturated carbocycles. The van der Waals surface area contributed by atoms with Gasteiger partial charge in [0, 0.05) is 12.2 Å². The van der Waals surface area contributed by atoms with Crippen LogP contribution in [-0.4, -0.2) is 14.5 Å². The number of rotatable bonds is 1. The smallest absolute Gasteiger partial charge is 0.202 e. The lowest BCUT2D eigenvalue weighted by atomic mass is 10.1. The number of imidazole rings is 1. The van der Waals surface area contributed by atoms with Gasteiger partial charge in [-0.15, -0.1) is 0 Å².